The molecule has 1 fully saturated rings. The smallest absolute Gasteiger partial charge is 0.227 e. The Labute approximate surface area is 119 Å². The number of ether oxygens (including phenoxy) is 2. The summed E-state index contributed by atoms with van der Waals surface area (Å²) in [5.41, 5.74) is 2.30. The summed E-state index contributed by atoms with van der Waals surface area (Å²) >= 11 is 0. The normalized spacial score (nSPS) is 25.2. The number of hydrogen-bond donors (Lipinski definition) is 0. The van der Waals surface area contributed by atoms with Gasteiger partial charge in [-0.1, -0.05) is 12.1 Å². The average Bonchev–Trinajstić information content (AvgIpc) is 2.89. The second-order valence-electron chi connectivity index (χ2n) is 5.76. The third-order valence-corrected chi connectivity index (χ3v) is 4.04. The number of rotatable bonds is 2. The summed E-state index contributed by atoms with van der Waals surface area (Å²) < 4.78 is 11.1. The summed E-state index contributed by atoms with van der Waals surface area (Å²) in [6.45, 7) is 6.13. The van der Waals surface area contributed by atoms with E-state index >= 15 is 0 Å². The Balaban J connectivity index is 1.69. The number of hydrogen-bond acceptors (Lipinski definition) is 3. The van der Waals surface area contributed by atoms with E-state index in [4.69, 9.17) is 9.47 Å². The number of carbonyl (C=O) groups is 1. The molecule has 20 heavy (non-hydrogen) atoms. The van der Waals surface area contributed by atoms with Crippen molar-refractivity contribution < 1.29 is 14.3 Å². The van der Waals surface area contributed by atoms with Gasteiger partial charge in [0, 0.05) is 13.0 Å². The molecule has 1 saturated heterocycles. The van der Waals surface area contributed by atoms with E-state index in [0.717, 1.165) is 24.3 Å². The Morgan fingerprint density at radius 2 is 2.25 bits per heavy atom. The molecule has 108 valence electrons. The number of fused-ring (bicyclic) bond motifs is 1. The van der Waals surface area contributed by atoms with Crippen molar-refractivity contribution in [2.45, 2.75) is 38.8 Å². The van der Waals surface area contributed by atoms with Crippen LogP contribution in [0.2, 0.25) is 0 Å². The van der Waals surface area contributed by atoms with Crippen molar-refractivity contribution in [3.8, 4) is 5.75 Å². The summed E-state index contributed by atoms with van der Waals surface area (Å²) in [4.78, 5) is 14.4. The van der Waals surface area contributed by atoms with Crippen LogP contribution in [0, 0.1) is 0 Å². The summed E-state index contributed by atoms with van der Waals surface area (Å²) in [7, 11) is 0. The zero-order valence-electron chi connectivity index (χ0n) is 12.1. The number of amides is 1. The quantitative estimate of drug-likeness (QED) is 0.826. The van der Waals surface area contributed by atoms with Gasteiger partial charge in [-0.2, -0.15) is 0 Å². The molecule has 0 N–H and O–H groups in total. The number of benzene rings is 1. The fraction of sp³-hybridized carbons (Fsp3) is 0.562. The van der Waals surface area contributed by atoms with Gasteiger partial charge in [0.1, 0.15) is 5.75 Å². The van der Waals surface area contributed by atoms with Crippen LogP contribution < -0.4 is 4.74 Å². The maximum atomic E-state index is 12.5. The van der Waals surface area contributed by atoms with Crippen molar-refractivity contribution >= 4 is 5.91 Å². The predicted octanol–water partition coefficient (Wildman–Crippen LogP) is 1.80. The zero-order valence-corrected chi connectivity index (χ0v) is 12.1. The fourth-order valence-corrected chi connectivity index (χ4v) is 2.88. The van der Waals surface area contributed by atoms with Crippen molar-refractivity contribution in [2.75, 3.05) is 19.8 Å². The van der Waals surface area contributed by atoms with Crippen molar-refractivity contribution in [1.82, 2.24) is 4.90 Å². The number of carbonyl (C=O) groups excluding carboxylic acids is 1. The van der Waals surface area contributed by atoms with Crippen LogP contribution >= 0.6 is 0 Å². The highest BCUT2D eigenvalue weighted by atomic mass is 16.5. The second-order valence-corrected chi connectivity index (χ2v) is 5.76. The molecule has 4 nitrogen and oxygen atoms in total. The molecule has 0 aliphatic carbocycles. The minimum absolute atomic E-state index is 0.128. The first-order valence-electron chi connectivity index (χ1n) is 7.29. The first kappa shape index (κ1) is 13.4. The van der Waals surface area contributed by atoms with Gasteiger partial charge < -0.3 is 14.4 Å². The third-order valence-electron chi connectivity index (χ3n) is 4.04. The average molecular weight is 275 g/mol. The van der Waals surface area contributed by atoms with Gasteiger partial charge in [0.05, 0.1) is 31.8 Å². The second kappa shape index (κ2) is 5.44. The minimum atomic E-state index is 0.128. The first-order valence-corrected chi connectivity index (χ1v) is 7.29. The Kier molecular flexibility index (Phi) is 3.66. The Hall–Kier alpha value is -1.55. The van der Waals surface area contributed by atoms with E-state index in [0.29, 0.717) is 19.6 Å². The Morgan fingerprint density at radius 1 is 1.40 bits per heavy atom. The van der Waals surface area contributed by atoms with Gasteiger partial charge in [-0.3, -0.25) is 4.79 Å². The van der Waals surface area contributed by atoms with Crippen molar-refractivity contribution in [3.63, 3.8) is 0 Å². The zero-order chi connectivity index (χ0) is 14.1. The van der Waals surface area contributed by atoms with Crippen LogP contribution in [0.1, 0.15) is 25.0 Å². The molecule has 0 unspecified atom stereocenters. The minimum Gasteiger partial charge on any atom is -0.493 e. The molecular formula is C16H21NO3. The Morgan fingerprint density at radius 3 is 3.10 bits per heavy atom. The van der Waals surface area contributed by atoms with Crippen LogP contribution in [0.15, 0.2) is 18.2 Å². The van der Waals surface area contributed by atoms with E-state index in [-0.39, 0.29) is 18.1 Å². The molecule has 4 heteroatoms. The molecule has 0 spiro atoms. The van der Waals surface area contributed by atoms with E-state index in [9.17, 15) is 4.79 Å². The van der Waals surface area contributed by atoms with Crippen molar-refractivity contribution in [3.05, 3.63) is 29.3 Å². The first-order chi connectivity index (χ1) is 9.63. The fourth-order valence-electron chi connectivity index (χ4n) is 2.88. The van der Waals surface area contributed by atoms with E-state index in [1.807, 2.05) is 30.9 Å². The molecule has 2 heterocycles. The van der Waals surface area contributed by atoms with Gasteiger partial charge in [0.15, 0.2) is 0 Å². The number of nitrogens with zero attached hydrogens (tertiary/aromatic N) is 1. The van der Waals surface area contributed by atoms with Gasteiger partial charge in [-0.15, -0.1) is 0 Å². The van der Waals surface area contributed by atoms with Crippen LogP contribution in [0.4, 0.5) is 0 Å². The van der Waals surface area contributed by atoms with Gasteiger partial charge in [0.25, 0.3) is 0 Å². The molecule has 1 aromatic rings. The third kappa shape index (κ3) is 2.66. The van der Waals surface area contributed by atoms with Gasteiger partial charge in [0.2, 0.25) is 5.91 Å². The standard InChI is InChI=1S/C16H21NO3/c1-11-10-20-12(2)9-17(11)16(18)8-13-3-4-15-14(7-13)5-6-19-15/h3-4,7,11-12H,5-6,8-10H2,1-2H3/t11-,12-/m0/s1. The molecule has 0 radical (unpaired) electrons. The Bertz CT molecular complexity index is 514. The molecule has 0 saturated carbocycles. The summed E-state index contributed by atoms with van der Waals surface area (Å²) in [5.74, 6) is 1.15. The lowest BCUT2D eigenvalue weighted by atomic mass is 10.0. The van der Waals surface area contributed by atoms with E-state index in [1.54, 1.807) is 0 Å². The lowest BCUT2D eigenvalue weighted by Crippen LogP contribution is -2.50. The van der Waals surface area contributed by atoms with Crippen LogP contribution in [-0.2, 0) is 22.4 Å². The number of morpholine rings is 1. The molecule has 0 bridgehead atoms. The van der Waals surface area contributed by atoms with Crippen molar-refractivity contribution in [1.29, 1.82) is 0 Å². The maximum absolute atomic E-state index is 12.5. The van der Waals surface area contributed by atoms with Crippen LogP contribution in [-0.4, -0.2) is 42.7 Å². The monoisotopic (exact) mass is 275 g/mol. The highest BCUT2D eigenvalue weighted by Crippen LogP contribution is 2.26. The highest BCUT2D eigenvalue weighted by molar-refractivity contribution is 5.79. The molecule has 0 aromatic heterocycles. The molecule has 2 atom stereocenters. The largest absolute Gasteiger partial charge is 0.493 e. The van der Waals surface area contributed by atoms with Crippen molar-refractivity contribution in [2.24, 2.45) is 0 Å². The SMILES string of the molecule is C[C@H]1CN(C(=O)Cc2ccc3c(c2)CCO3)[C@@H](C)CO1. The molecular weight excluding hydrogens is 254 g/mol. The van der Waals surface area contributed by atoms with E-state index < -0.39 is 0 Å². The molecule has 1 aromatic carbocycles. The molecule has 1 amide bonds. The van der Waals surface area contributed by atoms with Gasteiger partial charge in [-0.25, -0.2) is 0 Å². The van der Waals surface area contributed by atoms with Crippen LogP contribution in [0.25, 0.3) is 0 Å². The van der Waals surface area contributed by atoms with E-state index in [1.165, 1.54) is 5.56 Å². The summed E-state index contributed by atoms with van der Waals surface area (Å²) in [6, 6.07) is 6.25. The molecule has 2 aliphatic heterocycles. The summed E-state index contributed by atoms with van der Waals surface area (Å²) in [5, 5.41) is 0. The lowest BCUT2D eigenvalue weighted by Gasteiger charge is -2.37. The van der Waals surface area contributed by atoms with Crippen LogP contribution in [0.5, 0.6) is 5.75 Å². The van der Waals surface area contributed by atoms with Gasteiger partial charge >= 0.3 is 0 Å². The van der Waals surface area contributed by atoms with Crippen LogP contribution in [0.3, 0.4) is 0 Å². The van der Waals surface area contributed by atoms with Gasteiger partial charge in [-0.05, 0) is 31.0 Å². The topological polar surface area (TPSA) is 38.8 Å². The predicted molar refractivity (Wildman–Crippen MR) is 75.9 cm³/mol. The summed E-state index contributed by atoms with van der Waals surface area (Å²) in [6.07, 6.45) is 1.54. The van der Waals surface area contributed by atoms with E-state index in [2.05, 4.69) is 6.07 Å². The highest BCUT2D eigenvalue weighted by Gasteiger charge is 2.27. The maximum Gasteiger partial charge on any atom is 0.227 e. The molecule has 3 rings (SSSR count). The lowest BCUT2D eigenvalue weighted by molar-refractivity contribution is -0.142. The molecule has 2 aliphatic rings.